The molecule has 9 nitrogen and oxygen atoms in total. The molecule has 4 aromatic rings. The van der Waals surface area contributed by atoms with Crippen LogP contribution in [-0.4, -0.2) is 61.6 Å². The molecule has 4 heterocycles. The normalized spacial score (nSPS) is 18.9. The number of fused-ring (bicyclic) bond motifs is 2. The van der Waals surface area contributed by atoms with Crippen molar-refractivity contribution in [2.45, 2.75) is 44.6 Å². The number of aromatic nitrogens is 5. The van der Waals surface area contributed by atoms with Gasteiger partial charge in [0.15, 0.2) is 5.82 Å². The summed E-state index contributed by atoms with van der Waals surface area (Å²) >= 11 is 0. The summed E-state index contributed by atoms with van der Waals surface area (Å²) in [4.78, 5) is 34.1. The first kappa shape index (κ1) is 23.8. The molecule has 3 aromatic heterocycles. The second kappa shape index (κ2) is 9.80. The van der Waals surface area contributed by atoms with Crippen molar-refractivity contribution < 1.29 is 9.53 Å². The number of rotatable bonds is 6. The van der Waals surface area contributed by atoms with Crippen LogP contribution in [0.5, 0.6) is 0 Å². The Morgan fingerprint density at radius 3 is 2.79 bits per heavy atom. The summed E-state index contributed by atoms with van der Waals surface area (Å²) < 4.78 is 7.67. The number of amides is 1. The van der Waals surface area contributed by atoms with Crippen LogP contribution in [0.4, 0.5) is 5.95 Å². The SMILES string of the molecule is COC1=Cc2c(nc(-c3ccc4ccccc4n3)n2-c2ccnc(N[C@H]3CCCN(C(=O)C4CC4)C3)n2)CC1. The first-order chi connectivity index (χ1) is 19.2. The van der Waals surface area contributed by atoms with Crippen LogP contribution < -0.4 is 5.32 Å². The van der Waals surface area contributed by atoms with Crippen molar-refractivity contribution in [1.29, 1.82) is 0 Å². The number of likely N-dealkylation sites (tertiary alicyclic amines) is 1. The number of carbonyl (C=O) groups is 1. The first-order valence-electron chi connectivity index (χ1n) is 13.8. The van der Waals surface area contributed by atoms with E-state index in [0.29, 0.717) is 24.2 Å². The lowest BCUT2D eigenvalue weighted by Crippen LogP contribution is -2.45. The zero-order valence-electron chi connectivity index (χ0n) is 22.0. The molecule has 0 unspecified atom stereocenters. The van der Waals surface area contributed by atoms with Crippen molar-refractivity contribution in [3.8, 4) is 17.3 Å². The quantitative estimate of drug-likeness (QED) is 0.395. The Hall–Kier alpha value is -4.27. The van der Waals surface area contributed by atoms with Crippen LogP contribution >= 0.6 is 0 Å². The summed E-state index contributed by atoms with van der Waals surface area (Å²) in [5.41, 5.74) is 3.65. The molecule has 1 atom stereocenters. The standard InChI is InChI=1S/C30H31N7O2/c1-39-22-11-13-24-26(17-22)37(28(34-24)25-12-10-19-5-2-3-7-23(19)33-25)27-14-15-31-30(35-27)32-21-6-4-16-36(18-21)29(38)20-8-9-20/h2-3,5,7,10,12,14-15,17,20-21H,4,6,8-9,11,13,16,18H2,1H3,(H,31,32,35)/t21-/m0/s1. The number of hydrogen-bond donors (Lipinski definition) is 1. The lowest BCUT2D eigenvalue weighted by atomic mass is 10.1. The maximum Gasteiger partial charge on any atom is 0.225 e. The van der Waals surface area contributed by atoms with Crippen LogP contribution in [0.1, 0.15) is 43.5 Å². The predicted molar refractivity (Wildman–Crippen MR) is 149 cm³/mol. The van der Waals surface area contributed by atoms with Gasteiger partial charge in [-0.05, 0) is 50.3 Å². The van der Waals surface area contributed by atoms with Crippen LogP contribution in [0.25, 0.3) is 34.3 Å². The molecular weight excluding hydrogens is 490 g/mol. The maximum atomic E-state index is 12.6. The van der Waals surface area contributed by atoms with E-state index >= 15 is 0 Å². The number of anilines is 1. The summed E-state index contributed by atoms with van der Waals surface area (Å²) in [5.74, 6) is 3.45. The van der Waals surface area contributed by atoms with Crippen LogP contribution in [-0.2, 0) is 16.0 Å². The van der Waals surface area contributed by atoms with Crippen molar-refractivity contribution in [1.82, 2.24) is 29.4 Å². The van der Waals surface area contributed by atoms with Gasteiger partial charge in [-0.25, -0.2) is 15.0 Å². The fraction of sp³-hybridized carbons (Fsp3) is 0.367. The summed E-state index contributed by atoms with van der Waals surface area (Å²) in [7, 11) is 1.71. The molecule has 2 aliphatic carbocycles. The van der Waals surface area contributed by atoms with Gasteiger partial charge in [0.25, 0.3) is 0 Å². The third-order valence-corrected chi connectivity index (χ3v) is 7.85. The Balaban J connectivity index is 1.25. The number of imidazole rings is 1. The Kier molecular flexibility index (Phi) is 5.98. The molecule has 1 saturated heterocycles. The van der Waals surface area contributed by atoms with Crippen molar-refractivity contribution in [3.05, 3.63) is 65.8 Å². The van der Waals surface area contributed by atoms with Gasteiger partial charge in [-0.2, -0.15) is 4.98 Å². The number of piperidine rings is 1. The fourth-order valence-electron chi connectivity index (χ4n) is 5.64. The highest BCUT2D eigenvalue weighted by Crippen LogP contribution is 2.33. The monoisotopic (exact) mass is 521 g/mol. The fourth-order valence-corrected chi connectivity index (χ4v) is 5.64. The van der Waals surface area contributed by atoms with Gasteiger partial charge in [0.05, 0.1) is 29.8 Å². The number of para-hydroxylation sites is 1. The number of carbonyl (C=O) groups excluding carboxylic acids is 1. The molecule has 7 rings (SSSR count). The van der Waals surface area contributed by atoms with Gasteiger partial charge < -0.3 is 15.0 Å². The van der Waals surface area contributed by atoms with Crippen molar-refractivity contribution >= 4 is 28.8 Å². The highest BCUT2D eigenvalue weighted by atomic mass is 16.5. The zero-order valence-corrected chi connectivity index (χ0v) is 22.0. The average molecular weight is 522 g/mol. The van der Waals surface area contributed by atoms with E-state index in [2.05, 4.69) is 27.0 Å². The first-order valence-corrected chi connectivity index (χ1v) is 13.8. The van der Waals surface area contributed by atoms with Gasteiger partial charge in [-0.15, -0.1) is 0 Å². The van der Waals surface area contributed by atoms with Gasteiger partial charge in [-0.1, -0.05) is 24.3 Å². The predicted octanol–water partition coefficient (Wildman–Crippen LogP) is 4.62. The third-order valence-electron chi connectivity index (χ3n) is 7.85. The topological polar surface area (TPSA) is 98.1 Å². The van der Waals surface area contributed by atoms with Crippen molar-refractivity contribution in [2.24, 2.45) is 5.92 Å². The van der Waals surface area contributed by atoms with Crippen LogP contribution in [0, 0.1) is 5.92 Å². The number of hydrogen-bond acceptors (Lipinski definition) is 7. The average Bonchev–Trinajstić information content (AvgIpc) is 3.76. The number of benzene rings is 1. The van der Waals surface area contributed by atoms with Gasteiger partial charge in [0.2, 0.25) is 11.9 Å². The Morgan fingerprint density at radius 1 is 1.03 bits per heavy atom. The zero-order chi connectivity index (χ0) is 26.3. The number of nitrogens with one attached hydrogen (secondary N) is 1. The van der Waals surface area contributed by atoms with E-state index in [1.165, 1.54) is 0 Å². The number of allylic oxidation sites excluding steroid dienone is 1. The van der Waals surface area contributed by atoms with Gasteiger partial charge >= 0.3 is 0 Å². The van der Waals surface area contributed by atoms with E-state index in [1.807, 2.05) is 41.3 Å². The van der Waals surface area contributed by atoms with Crippen molar-refractivity contribution in [2.75, 3.05) is 25.5 Å². The minimum atomic E-state index is 0.120. The number of methoxy groups -OCH3 is 1. The molecule has 1 aromatic carbocycles. The van der Waals surface area contributed by atoms with Crippen LogP contribution in [0.2, 0.25) is 0 Å². The molecule has 0 spiro atoms. The maximum absolute atomic E-state index is 12.6. The summed E-state index contributed by atoms with van der Waals surface area (Å²) in [6.07, 6.45) is 9.43. The van der Waals surface area contributed by atoms with Crippen molar-refractivity contribution in [3.63, 3.8) is 0 Å². The summed E-state index contributed by atoms with van der Waals surface area (Å²) in [5, 5.41) is 4.59. The number of aryl methyl sites for hydroxylation is 1. The molecule has 1 N–H and O–H groups in total. The minimum absolute atomic E-state index is 0.120. The van der Waals surface area contributed by atoms with Crippen LogP contribution in [0.15, 0.2) is 54.4 Å². The van der Waals surface area contributed by atoms with E-state index in [1.54, 1.807) is 13.3 Å². The molecule has 39 heavy (non-hydrogen) atoms. The molecule has 0 bridgehead atoms. The largest absolute Gasteiger partial charge is 0.501 e. The van der Waals surface area contributed by atoms with E-state index in [-0.39, 0.29) is 12.0 Å². The highest BCUT2D eigenvalue weighted by Gasteiger charge is 2.35. The molecule has 2 fully saturated rings. The Bertz CT molecular complexity index is 1590. The lowest BCUT2D eigenvalue weighted by Gasteiger charge is -2.33. The number of pyridine rings is 1. The lowest BCUT2D eigenvalue weighted by molar-refractivity contribution is -0.133. The summed E-state index contributed by atoms with van der Waals surface area (Å²) in [6, 6.07) is 14.2. The molecule has 1 saturated carbocycles. The molecule has 198 valence electrons. The molecule has 1 aliphatic heterocycles. The van der Waals surface area contributed by atoms with Gasteiger partial charge in [-0.3, -0.25) is 9.36 Å². The summed E-state index contributed by atoms with van der Waals surface area (Å²) in [6.45, 7) is 1.53. The smallest absolute Gasteiger partial charge is 0.225 e. The molecule has 9 heteroatoms. The Labute approximate surface area is 227 Å². The van der Waals surface area contributed by atoms with Crippen LogP contribution in [0.3, 0.4) is 0 Å². The minimum Gasteiger partial charge on any atom is -0.501 e. The molecule has 1 amide bonds. The Morgan fingerprint density at radius 2 is 1.92 bits per heavy atom. The van der Waals surface area contributed by atoms with Gasteiger partial charge in [0, 0.05) is 49.1 Å². The molecule has 3 aliphatic rings. The number of nitrogens with zero attached hydrogens (tertiary/aromatic N) is 6. The second-order valence-corrected chi connectivity index (χ2v) is 10.6. The molecule has 0 radical (unpaired) electrons. The number of ether oxygens (including phenoxy) is 1. The second-order valence-electron chi connectivity index (χ2n) is 10.6. The van der Waals surface area contributed by atoms with E-state index in [9.17, 15) is 4.79 Å². The van der Waals surface area contributed by atoms with E-state index in [4.69, 9.17) is 19.7 Å². The van der Waals surface area contributed by atoms with E-state index in [0.717, 1.165) is 84.6 Å². The highest BCUT2D eigenvalue weighted by molar-refractivity contribution is 5.82. The van der Waals surface area contributed by atoms with Gasteiger partial charge in [0.1, 0.15) is 11.5 Å². The van der Waals surface area contributed by atoms with E-state index < -0.39 is 0 Å². The molecular formula is C30H31N7O2. The third kappa shape index (κ3) is 4.62.